The van der Waals surface area contributed by atoms with Gasteiger partial charge in [-0.25, -0.2) is 0 Å². The Balaban J connectivity index is 1.56. The number of rotatable bonds is 6. The van der Waals surface area contributed by atoms with Crippen LogP contribution in [0.15, 0.2) is 24.3 Å². The molecular weight excluding hydrogens is 300 g/mol. The van der Waals surface area contributed by atoms with Crippen LogP contribution in [0.2, 0.25) is 0 Å². The van der Waals surface area contributed by atoms with Crippen molar-refractivity contribution in [1.29, 1.82) is 0 Å². The highest BCUT2D eigenvalue weighted by atomic mass is 16.5. The van der Waals surface area contributed by atoms with Crippen molar-refractivity contribution in [3.8, 4) is 5.75 Å². The predicted octanol–water partition coefficient (Wildman–Crippen LogP) is 3.25. The molecule has 1 saturated carbocycles. The average molecular weight is 326 g/mol. The lowest BCUT2D eigenvalue weighted by molar-refractivity contribution is 0.339. The molecule has 0 radical (unpaired) electrons. The van der Waals surface area contributed by atoms with E-state index >= 15 is 0 Å². The second-order valence-electron chi connectivity index (χ2n) is 6.93. The molecule has 5 heteroatoms. The first-order valence-electron chi connectivity index (χ1n) is 9.14. The Bertz CT molecular complexity index is 690. The molecule has 0 spiro atoms. The lowest BCUT2D eigenvalue weighted by Gasteiger charge is -2.26. The number of ether oxygens (including phenoxy) is 1. The minimum Gasteiger partial charge on any atom is -0.496 e. The molecule has 1 unspecified atom stereocenters. The third kappa shape index (κ3) is 2.93. The number of hydrogen-bond acceptors (Lipinski definition) is 4. The Morgan fingerprint density at radius 2 is 2.04 bits per heavy atom. The van der Waals surface area contributed by atoms with E-state index in [-0.39, 0.29) is 0 Å². The third-order valence-electron chi connectivity index (χ3n) is 5.51. The number of aryl methyl sites for hydroxylation is 1. The van der Waals surface area contributed by atoms with Gasteiger partial charge in [0.1, 0.15) is 17.4 Å². The fraction of sp³-hybridized carbons (Fsp3) is 0.579. The van der Waals surface area contributed by atoms with E-state index in [0.717, 1.165) is 36.9 Å². The summed E-state index contributed by atoms with van der Waals surface area (Å²) in [6, 6.07) is 8.73. The van der Waals surface area contributed by atoms with Crippen molar-refractivity contribution in [1.82, 2.24) is 20.1 Å². The smallest absolute Gasteiger partial charge is 0.147 e. The molecule has 1 N–H and O–H groups in total. The first-order chi connectivity index (χ1) is 11.9. The van der Waals surface area contributed by atoms with Crippen molar-refractivity contribution in [2.45, 2.75) is 57.7 Å². The van der Waals surface area contributed by atoms with E-state index in [0.29, 0.717) is 12.0 Å². The van der Waals surface area contributed by atoms with Crippen molar-refractivity contribution in [3.63, 3.8) is 0 Å². The van der Waals surface area contributed by atoms with E-state index in [2.05, 4.69) is 38.3 Å². The fourth-order valence-electron chi connectivity index (χ4n) is 4.29. The second kappa shape index (κ2) is 6.93. The zero-order valence-corrected chi connectivity index (χ0v) is 14.4. The van der Waals surface area contributed by atoms with Crippen LogP contribution in [0, 0.1) is 5.92 Å². The summed E-state index contributed by atoms with van der Waals surface area (Å²) in [4.78, 5) is 0. The molecule has 24 heavy (non-hydrogen) atoms. The summed E-state index contributed by atoms with van der Waals surface area (Å²) in [5, 5.41) is 12.5. The summed E-state index contributed by atoms with van der Waals surface area (Å²) in [6.07, 6.45) is 7.49. The second-order valence-corrected chi connectivity index (χ2v) is 6.93. The maximum Gasteiger partial charge on any atom is 0.147 e. The van der Waals surface area contributed by atoms with Gasteiger partial charge < -0.3 is 14.6 Å². The van der Waals surface area contributed by atoms with Gasteiger partial charge in [0, 0.05) is 24.6 Å². The Morgan fingerprint density at radius 3 is 2.88 bits per heavy atom. The molecular formula is C19H26N4O. The molecule has 1 aromatic carbocycles. The molecule has 2 aliphatic rings. The lowest BCUT2D eigenvalue weighted by Crippen LogP contribution is -2.28. The van der Waals surface area contributed by atoms with Gasteiger partial charge in [0.25, 0.3) is 0 Å². The highest BCUT2D eigenvalue weighted by molar-refractivity contribution is 5.36. The summed E-state index contributed by atoms with van der Waals surface area (Å²) in [5.41, 5.74) is 1.27. The average Bonchev–Trinajstić information content (AvgIpc) is 3.34. The SMILES string of the molecule is COc1ccccc1C(NCc1nnc2n1CCC2)C1CCCC1. The topological polar surface area (TPSA) is 52.0 Å². The van der Waals surface area contributed by atoms with Crippen LogP contribution in [0.1, 0.15) is 55.4 Å². The highest BCUT2D eigenvalue weighted by Gasteiger charge is 2.29. The number of methoxy groups -OCH3 is 1. The van der Waals surface area contributed by atoms with Gasteiger partial charge in [0.05, 0.1) is 13.7 Å². The maximum atomic E-state index is 5.62. The van der Waals surface area contributed by atoms with Crippen LogP contribution in [0.25, 0.3) is 0 Å². The van der Waals surface area contributed by atoms with Crippen LogP contribution >= 0.6 is 0 Å². The zero-order valence-electron chi connectivity index (χ0n) is 14.4. The van der Waals surface area contributed by atoms with Crippen molar-refractivity contribution in [2.75, 3.05) is 7.11 Å². The standard InChI is InChI=1S/C19H26N4O/c1-24-16-10-5-4-9-15(16)19(14-7-2-3-8-14)20-13-18-22-21-17-11-6-12-23(17)18/h4-5,9-10,14,19-20H,2-3,6-8,11-13H2,1H3. The summed E-state index contributed by atoms with van der Waals surface area (Å²) < 4.78 is 7.90. The van der Waals surface area contributed by atoms with E-state index in [1.807, 2.05) is 6.07 Å². The molecule has 0 saturated heterocycles. The van der Waals surface area contributed by atoms with Gasteiger partial charge in [-0.2, -0.15) is 0 Å². The van der Waals surface area contributed by atoms with Crippen LogP contribution in [-0.2, 0) is 19.5 Å². The molecule has 1 atom stereocenters. The fourth-order valence-corrected chi connectivity index (χ4v) is 4.29. The Morgan fingerprint density at radius 1 is 1.21 bits per heavy atom. The van der Waals surface area contributed by atoms with Gasteiger partial charge >= 0.3 is 0 Å². The number of aromatic nitrogens is 3. The van der Waals surface area contributed by atoms with E-state index < -0.39 is 0 Å². The van der Waals surface area contributed by atoms with Crippen LogP contribution in [-0.4, -0.2) is 21.9 Å². The largest absolute Gasteiger partial charge is 0.496 e. The molecule has 0 amide bonds. The van der Waals surface area contributed by atoms with Crippen LogP contribution < -0.4 is 10.1 Å². The molecule has 1 aliphatic heterocycles. The quantitative estimate of drug-likeness (QED) is 0.885. The molecule has 1 aromatic heterocycles. The maximum absolute atomic E-state index is 5.62. The number of para-hydroxylation sites is 1. The third-order valence-corrected chi connectivity index (χ3v) is 5.51. The first kappa shape index (κ1) is 15.6. The monoisotopic (exact) mass is 326 g/mol. The number of nitrogens with one attached hydrogen (secondary N) is 1. The molecule has 0 bridgehead atoms. The number of hydrogen-bond donors (Lipinski definition) is 1. The molecule has 2 heterocycles. The van der Waals surface area contributed by atoms with Crippen LogP contribution in [0.3, 0.4) is 0 Å². The molecule has 4 rings (SSSR count). The summed E-state index contributed by atoms with van der Waals surface area (Å²) in [5.74, 6) is 3.86. The zero-order chi connectivity index (χ0) is 16.4. The molecule has 2 aromatic rings. The van der Waals surface area contributed by atoms with E-state index in [1.165, 1.54) is 37.7 Å². The van der Waals surface area contributed by atoms with Crippen molar-refractivity contribution < 1.29 is 4.74 Å². The van der Waals surface area contributed by atoms with Gasteiger partial charge in [-0.15, -0.1) is 10.2 Å². The number of nitrogens with zero attached hydrogens (tertiary/aromatic N) is 3. The molecule has 1 aliphatic carbocycles. The Kier molecular flexibility index (Phi) is 4.52. The van der Waals surface area contributed by atoms with Gasteiger partial charge in [0.2, 0.25) is 0 Å². The minimum absolute atomic E-state index is 0.318. The summed E-state index contributed by atoms with van der Waals surface area (Å²) in [7, 11) is 1.76. The van der Waals surface area contributed by atoms with Gasteiger partial charge in [-0.1, -0.05) is 31.0 Å². The van der Waals surface area contributed by atoms with Gasteiger partial charge in [0.15, 0.2) is 0 Å². The molecule has 128 valence electrons. The van der Waals surface area contributed by atoms with Crippen LogP contribution in [0.4, 0.5) is 0 Å². The van der Waals surface area contributed by atoms with E-state index in [4.69, 9.17) is 4.74 Å². The molecule has 5 nitrogen and oxygen atoms in total. The predicted molar refractivity (Wildman–Crippen MR) is 92.9 cm³/mol. The highest BCUT2D eigenvalue weighted by Crippen LogP contribution is 2.39. The van der Waals surface area contributed by atoms with E-state index in [1.54, 1.807) is 7.11 Å². The lowest BCUT2D eigenvalue weighted by atomic mass is 9.91. The van der Waals surface area contributed by atoms with Crippen molar-refractivity contribution >= 4 is 0 Å². The summed E-state index contributed by atoms with van der Waals surface area (Å²) >= 11 is 0. The van der Waals surface area contributed by atoms with Gasteiger partial charge in [-0.05, 0) is 31.2 Å². The Hall–Kier alpha value is -1.88. The number of benzene rings is 1. The number of fused-ring (bicyclic) bond motifs is 1. The van der Waals surface area contributed by atoms with Crippen LogP contribution in [0.5, 0.6) is 5.75 Å². The first-order valence-corrected chi connectivity index (χ1v) is 9.14. The molecule has 1 fully saturated rings. The van der Waals surface area contributed by atoms with Crippen molar-refractivity contribution in [2.24, 2.45) is 5.92 Å². The van der Waals surface area contributed by atoms with E-state index in [9.17, 15) is 0 Å². The minimum atomic E-state index is 0.318. The van der Waals surface area contributed by atoms with Crippen molar-refractivity contribution in [3.05, 3.63) is 41.5 Å². The van der Waals surface area contributed by atoms with Gasteiger partial charge in [-0.3, -0.25) is 0 Å². The Labute approximate surface area is 143 Å². The summed E-state index contributed by atoms with van der Waals surface area (Å²) in [6.45, 7) is 1.83. The normalized spacial score (nSPS) is 18.7.